The van der Waals surface area contributed by atoms with E-state index in [1.54, 1.807) is 31.2 Å². The Bertz CT molecular complexity index is 685. The van der Waals surface area contributed by atoms with E-state index in [0.717, 1.165) is 12.2 Å². The van der Waals surface area contributed by atoms with Crippen molar-refractivity contribution < 1.29 is 19.8 Å². The van der Waals surface area contributed by atoms with Gasteiger partial charge in [0.1, 0.15) is 0 Å². The van der Waals surface area contributed by atoms with Crippen molar-refractivity contribution in [2.24, 2.45) is 5.73 Å². The number of hydrogen-bond acceptors (Lipinski definition) is 4. The number of rotatable bonds is 6. The Kier molecular flexibility index (Phi) is 6.31. The molecule has 4 N–H and O–H groups in total. The van der Waals surface area contributed by atoms with Gasteiger partial charge in [-0.15, -0.1) is 0 Å². The van der Waals surface area contributed by atoms with Crippen LogP contribution < -0.4 is 5.73 Å². The zero-order valence-electron chi connectivity index (χ0n) is 11.9. The molecular formula is C16H16N2O4. The van der Waals surface area contributed by atoms with Crippen LogP contribution in [0.2, 0.25) is 0 Å². The summed E-state index contributed by atoms with van der Waals surface area (Å²) in [7, 11) is 0. The van der Waals surface area contributed by atoms with Crippen LogP contribution in [0.4, 0.5) is 0 Å². The second kappa shape index (κ2) is 8.21. The molecule has 1 rings (SSSR count). The molecule has 0 aliphatic rings. The maximum atomic E-state index is 10.5. The van der Waals surface area contributed by atoms with Crippen LogP contribution in [0.5, 0.6) is 0 Å². The lowest BCUT2D eigenvalue weighted by Gasteiger charge is -2.03. The summed E-state index contributed by atoms with van der Waals surface area (Å²) in [4.78, 5) is 25.1. The minimum Gasteiger partial charge on any atom is -0.478 e. The Labute approximate surface area is 127 Å². The van der Waals surface area contributed by atoms with Crippen LogP contribution in [-0.2, 0) is 9.59 Å². The van der Waals surface area contributed by atoms with Gasteiger partial charge in [0.05, 0.1) is 11.4 Å². The highest BCUT2D eigenvalue weighted by atomic mass is 16.4. The topological polar surface area (TPSA) is 114 Å². The van der Waals surface area contributed by atoms with Gasteiger partial charge in [-0.1, -0.05) is 6.08 Å². The lowest BCUT2D eigenvalue weighted by molar-refractivity contribution is -0.132. The van der Waals surface area contributed by atoms with E-state index >= 15 is 0 Å². The second-order valence-corrected chi connectivity index (χ2v) is 4.21. The molecule has 114 valence electrons. The minimum atomic E-state index is -1.05. The van der Waals surface area contributed by atoms with Gasteiger partial charge >= 0.3 is 11.9 Å². The van der Waals surface area contributed by atoms with Crippen LogP contribution in [-0.4, -0.2) is 27.1 Å². The van der Waals surface area contributed by atoms with Gasteiger partial charge < -0.3 is 15.9 Å². The molecule has 6 heteroatoms. The molecule has 0 saturated heterocycles. The van der Waals surface area contributed by atoms with Crippen LogP contribution in [0.15, 0.2) is 54.3 Å². The molecule has 0 amide bonds. The van der Waals surface area contributed by atoms with E-state index in [4.69, 9.17) is 15.9 Å². The standard InChI is InChI=1S/C16H16N2O4/c1-2-11(3-5-15(19)20)9-13(17)14-10-12(7-8-18-14)4-6-16(21)22/h2-10H,17H2,1H3,(H,19,20)(H,21,22)/b5-3+,6-4+,11-2-,13-9-. The van der Waals surface area contributed by atoms with E-state index in [1.165, 1.54) is 18.3 Å². The lowest BCUT2D eigenvalue weighted by Crippen LogP contribution is -2.00. The zero-order valence-corrected chi connectivity index (χ0v) is 11.9. The summed E-state index contributed by atoms with van der Waals surface area (Å²) in [6.45, 7) is 1.75. The fourth-order valence-electron chi connectivity index (χ4n) is 1.52. The first kappa shape index (κ1) is 16.9. The quantitative estimate of drug-likeness (QED) is 0.547. The highest BCUT2D eigenvalue weighted by Crippen LogP contribution is 2.13. The normalized spacial score (nSPS) is 13.0. The first-order valence-electron chi connectivity index (χ1n) is 6.34. The Morgan fingerprint density at radius 2 is 1.86 bits per heavy atom. The average molecular weight is 300 g/mol. The van der Waals surface area contributed by atoms with Gasteiger partial charge in [0.15, 0.2) is 0 Å². The summed E-state index contributed by atoms with van der Waals surface area (Å²) in [6, 6.07) is 3.29. The molecule has 1 aromatic rings. The number of nitrogens with two attached hydrogens (primary N) is 1. The third-order valence-corrected chi connectivity index (χ3v) is 2.57. The number of aromatic nitrogens is 1. The Hall–Kier alpha value is -3.15. The molecule has 0 fully saturated rings. The molecule has 0 radical (unpaired) electrons. The minimum absolute atomic E-state index is 0.341. The smallest absolute Gasteiger partial charge is 0.328 e. The Morgan fingerprint density at radius 3 is 2.45 bits per heavy atom. The summed E-state index contributed by atoms with van der Waals surface area (Å²) >= 11 is 0. The van der Waals surface area contributed by atoms with E-state index < -0.39 is 11.9 Å². The van der Waals surface area contributed by atoms with Gasteiger partial charge in [-0.2, -0.15) is 0 Å². The fourth-order valence-corrected chi connectivity index (χ4v) is 1.52. The molecule has 1 heterocycles. The van der Waals surface area contributed by atoms with Crippen LogP contribution in [0.25, 0.3) is 11.8 Å². The summed E-state index contributed by atoms with van der Waals surface area (Å²) in [5.41, 5.74) is 8.01. The molecule has 0 bridgehead atoms. The van der Waals surface area contributed by atoms with Gasteiger partial charge in [-0.25, -0.2) is 9.59 Å². The van der Waals surface area contributed by atoms with E-state index in [1.807, 2.05) is 0 Å². The largest absolute Gasteiger partial charge is 0.478 e. The predicted molar refractivity (Wildman–Crippen MR) is 83.6 cm³/mol. The molecule has 0 saturated carbocycles. The Balaban J connectivity index is 3.04. The van der Waals surface area contributed by atoms with Crippen molar-refractivity contribution in [2.45, 2.75) is 6.92 Å². The van der Waals surface area contributed by atoms with Gasteiger partial charge in [0.2, 0.25) is 0 Å². The highest BCUT2D eigenvalue weighted by molar-refractivity contribution is 5.85. The maximum absolute atomic E-state index is 10.5. The van der Waals surface area contributed by atoms with Crippen LogP contribution in [0.3, 0.4) is 0 Å². The molecule has 0 atom stereocenters. The first-order chi connectivity index (χ1) is 10.4. The second-order valence-electron chi connectivity index (χ2n) is 4.21. The molecule has 0 aliphatic carbocycles. The van der Waals surface area contributed by atoms with Gasteiger partial charge in [-0.05, 0) is 48.4 Å². The fraction of sp³-hybridized carbons (Fsp3) is 0.0625. The predicted octanol–water partition coefficient (Wildman–Crippen LogP) is 2.07. The number of aliphatic carboxylic acids is 2. The van der Waals surface area contributed by atoms with Gasteiger partial charge in [0.25, 0.3) is 0 Å². The summed E-state index contributed by atoms with van der Waals surface area (Å²) in [5, 5.41) is 17.2. The molecular weight excluding hydrogens is 284 g/mol. The number of pyridine rings is 1. The summed E-state index contributed by atoms with van der Waals surface area (Å²) in [6.07, 6.45) is 9.70. The lowest BCUT2D eigenvalue weighted by atomic mass is 10.1. The molecule has 0 aliphatic heterocycles. The average Bonchev–Trinajstić information content (AvgIpc) is 2.49. The van der Waals surface area contributed by atoms with Crippen molar-refractivity contribution in [2.75, 3.05) is 0 Å². The maximum Gasteiger partial charge on any atom is 0.328 e. The Morgan fingerprint density at radius 1 is 1.18 bits per heavy atom. The van der Waals surface area contributed by atoms with Gasteiger partial charge in [0, 0.05) is 18.3 Å². The molecule has 22 heavy (non-hydrogen) atoms. The van der Waals surface area contributed by atoms with E-state index in [0.29, 0.717) is 22.5 Å². The number of hydrogen-bond donors (Lipinski definition) is 3. The van der Waals surface area contributed by atoms with Crippen LogP contribution in [0, 0.1) is 0 Å². The molecule has 0 spiro atoms. The third-order valence-electron chi connectivity index (χ3n) is 2.57. The molecule has 0 unspecified atom stereocenters. The van der Waals surface area contributed by atoms with Crippen LogP contribution >= 0.6 is 0 Å². The monoisotopic (exact) mass is 300 g/mol. The van der Waals surface area contributed by atoms with Crippen molar-refractivity contribution in [1.29, 1.82) is 0 Å². The summed E-state index contributed by atoms with van der Waals surface area (Å²) in [5.74, 6) is -2.10. The van der Waals surface area contributed by atoms with Crippen molar-refractivity contribution in [3.63, 3.8) is 0 Å². The number of carboxylic acids is 2. The first-order valence-corrected chi connectivity index (χ1v) is 6.34. The van der Waals surface area contributed by atoms with Crippen molar-refractivity contribution in [3.05, 3.63) is 65.5 Å². The number of carbonyl (C=O) groups is 2. The van der Waals surface area contributed by atoms with E-state index in [-0.39, 0.29) is 0 Å². The number of nitrogens with zero attached hydrogens (tertiary/aromatic N) is 1. The molecule has 1 aromatic heterocycles. The molecule has 0 aromatic carbocycles. The SMILES string of the molecule is C/C=C(\C=C(/N)c1cc(/C=C/C(=O)O)ccn1)/C=C/C(=O)O. The van der Waals surface area contributed by atoms with Crippen molar-refractivity contribution >= 4 is 23.7 Å². The third kappa shape index (κ3) is 5.87. The highest BCUT2D eigenvalue weighted by Gasteiger charge is 2.00. The van der Waals surface area contributed by atoms with Gasteiger partial charge in [-0.3, -0.25) is 4.98 Å². The van der Waals surface area contributed by atoms with Crippen molar-refractivity contribution in [3.8, 4) is 0 Å². The van der Waals surface area contributed by atoms with Crippen molar-refractivity contribution in [1.82, 2.24) is 4.98 Å². The number of carboxylic acid groups (broad SMARTS) is 2. The van der Waals surface area contributed by atoms with E-state index in [2.05, 4.69) is 4.98 Å². The molecule has 6 nitrogen and oxygen atoms in total. The van der Waals surface area contributed by atoms with E-state index in [9.17, 15) is 9.59 Å². The zero-order chi connectivity index (χ0) is 16.5. The number of allylic oxidation sites excluding steroid dienone is 4. The van der Waals surface area contributed by atoms with Crippen LogP contribution in [0.1, 0.15) is 18.2 Å². The summed E-state index contributed by atoms with van der Waals surface area (Å²) < 4.78 is 0.